The molecule has 0 radical (unpaired) electrons. The lowest BCUT2D eigenvalue weighted by Crippen LogP contribution is -2.24. The third kappa shape index (κ3) is 13.6. The predicted octanol–water partition coefficient (Wildman–Crippen LogP) is 7.48. The van der Waals surface area contributed by atoms with Crippen molar-refractivity contribution in [2.75, 3.05) is 7.05 Å². The van der Waals surface area contributed by atoms with E-state index >= 15 is 0 Å². The maximum absolute atomic E-state index is 12.9. The molecule has 372 valence electrons. The number of aromatic hydroxyl groups is 3. The lowest BCUT2D eigenvalue weighted by atomic mass is 10.2. The summed E-state index contributed by atoms with van der Waals surface area (Å²) in [6.07, 6.45) is 4.93. The van der Waals surface area contributed by atoms with Crippen molar-refractivity contribution < 1.29 is 47.7 Å². The third-order valence-electron chi connectivity index (χ3n) is 10.6. The van der Waals surface area contributed by atoms with E-state index in [4.69, 9.17) is 0 Å². The van der Waals surface area contributed by atoms with E-state index in [0.717, 1.165) is 22.5 Å². The highest BCUT2D eigenvalue weighted by atomic mass is 35.5. The fourth-order valence-electron chi connectivity index (χ4n) is 6.82. The molecule has 6 heterocycles. The Morgan fingerprint density at radius 2 is 0.849 bits per heavy atom. The van der Waals surface area contributed by atoms with E-state index in [1.165, 1.54) is 61.1 Å². The Kier molecular flexibility index (Phi) is 17.9. The topological polar surface area (TPSA) is 254 Å². The lowest BCUT2D eigenvalue weighted by molar-refractivity contribution is 0.0935. The van der Waals surface area contributed by atoms with Gasteiger partial charge in [0, 0.05) is 66.6 Å². The number of aldehydes is 1. The van der Waals surface area contributed by atoms with Crippen molar-refractivity contribution in [3.05, 3.63) is 196 Å². The first-order valence-corrected chi connectivity index (χ1v) is 21.8. The monoisotopic (exact) mass is 1010 g/mol. The molecule has 0 atom stereocenters. The van der Waals surface area contributed by atoms with Gasteiger partial charge in [0.1, 0.15) is 39.7 Å². The van der Waals surface area contributed by atoms with Crippen LogP contribution in [-0.4, -0.2) is 76.3 Å². The second-order valence-corrected chi connectivity index (χ2v) is 15.7. The zero-order valence-corrected chi connectivity index (χ0v) is 39.5. The molecular weight excluding hydrogens is 969 g/mol. The quantitative estimate of drug-likeness (QED) is 0.0586. The number of hydrogen-bond acceptors (Lipinski definition) is 14. The van der Waals surface area contributed by atoms with Crippen LogP contribution in [0, 0.1) is 24.4 Å². The lowest BCUT2D eigenvalue weighted by Gasteiger charge is -2.09. The summed E-state index contributed by atoms with van der Waals surface area (Å²) >= 11 is 0. The molecule has 7 N–H and O–H groups in total. The first-order valence-electron chi connectivity index (χ1n) is 21.8. The van der Waals surface area contributed by atoms with Crippen LogP contribution in [-0.2, 0) is 26.2 Å². The first-order chi connectivity index (χ1) is 34.7. The molecule has 0 aliphatic heterocycles. The van der Waals surface area contributed by atoms with Crippen LogP contribution >= 0.6 is 12.4 Å². The molecule has 0 bridgehead atoms. The average molecular weight is 1010 g/mol. The van der Waals surface area contributed by atoms with Crippen molar-refractivity contribution >= 4 is 69.1 Å². The Morgan fingerprint density at radius 3 is 1.23 bits per heavy atom. The van der Waals surface area contributed by atoms with Crippen molar-refractivity contribution in [3.8, 4) is 17.2 Å². The summed E-state index contributed by atoms with van der Waals surface area (Å²) < 4.78 is 38.6. The molecule has 9 rings (SSSR count). The average Bonchev–Trinajstić information content (AvgIpc) is 3.39. The molecule has 3 amide bonds. The summed E-state index contributed by atoms with van der Waals surface area (Å²) in [5.74, 6) is -3.58. The molecule has 0 aliphatic carbocycles. The number of hydrogen-bond donors (Lipinski definition) is 7. The number of nitrogens with zero attached hydrogens (tertiary/aromatic N) is 6. The van der Waals surface area contributed by atoms with Crippen LogP contribution in [0.3, 0.4) is 0 Å². The van der Waals surface area contributed by atoms with Crippen molar-refractivity contribution in [1.29, 1.82) is 0 Å². The molecule has 21 heteroatoms. The largest absolute Gasteiger partial charge is 0.504 e. The number of rotatable bonds is 12. The van der Waals surface area contributed by atoms with Crippen molar-refractivity contribution in [1.82, 2.24) is 51.2 Å². The van der Waals surface area contributed by atoms with Gasteiger partial charge >= 0.3 is 0 Å². The molecule has 0 fully saturated rings. The van der Waals surface area contributed by atoms with Crippen LogP contribution in [0.5, 0.6) is 17.2 Å². The highest BCUT2D eigenvalue weighted by molar-refractivity contribution is 6.02. The molecule has 0 spiro atoms. The SMILES string of the molecule is CNCc1ccc2cnc(C(=O)NCc3ccc(F)cc3)c(O)c2n1.Cc1ccc2cnc(C(=O)NCc3ccc(F)cc3)c(O)c2n1.Cl.O=Cc1ccc2cnc(C(=O)NCc3ccc(F)cc3)c(O)c2n1. The van der Waals surface area contributed by atoms with Gasteiger partial charge in [-0.05, 0) is 103 Å². The molecule has 3 aromatic carbocycles. The van der Waals surface area contributed by atoms with Crippen molar-refractivity contribution in [3.63, 3.8) is 0 Å². The summed E-state index contributed by atoms with van der Waals surface area (Å²) in [4.78, 5) is 72.1. The van der Waals surface area contributed by atoms with E-state index in [1.807, 2.05) is 6.07 Å². The zero-order chi connectivity index (χ0) is 51.3. The minimum absolute atomic E-state index is 0. The number of benzene rings is 3. The number of halogens is 4. The zero-order valence-electron chi connectivity index (χ0n) is 38.7. The minimum atomic E-state index is -0.600. The maximum atomic E-state index is 12.9. The van der Waals surface area contributed by atoms with E-state index in [2.05, 4.69) is 51.2 Å². The number of nitrogens with one attached hydrogen (secondary N) is 4. The fraction of sp³-hybridized carbons (Fsp3) is 0.115. The van der Waals surface area contributed by atoms with Gasteiger partial charge in [-0.15, -0.1) is 12.4 Å². The summed E-state index contributed by atoms with van der Waals surface area (Å²) in [6.45, 7) is 2.91. The maximum Gasteiger partial charge on any atom is 0.274 e. The van der Waals surface area contributed by atoms with E-state index < -0.39 is 23.5 Å². The fourth-order valence-corrected chi connectivity index (χ4v) is 6.82. The van der Waals surface area contributed by atoms with E-state index in [1.54, 1.807) is 74.6 Å². The first kappa shape index (κ1) is 53.2. The second kappa shape index (κ2) is 24.6. The van der Waals surface area contributed by atoms with Gasteiger partial charge in [-0.1, -0.05) is 36.4 Å². The van der Waals surface area contributed by atoms with Crippen LogP contribution in [0.4, 0.5) is 13.2 Å². The van der Waals surface area contributed by atoms with Crippen LogP contribution in [0.15, 0.2) is 128 Å². The standard InChI is InChI=1S/C18H17FN4O2.C17H12FN3O3.C17H14FN3O2.ClH/c1-20-10-14-7-4-12-9-21-16(17(24)15(12)23-14)18(25)22-8-11-2-5-13(19)6-3-11;18-12-4-1-10(2-5-12)7-20-17(24)15-16(23)14-11(8-19-15)3-6-13(9-22)21-14;1-10-2-5-12-9-19-15(16(22)14(12)21-10)17(23)20-8-11-3-6-13(18)7-4-11;/h2-7,9,20,24H,8,10H2,1H3,(H,22,25);1-6,8-9,23H,7H2,(H,20,24);2-7,9,22H,8H2,1H3,(H,20,23);1H. The van der Waals surface area contributed by atoms with Crippen LogP contribution in [0.25, 0.3) is 32.7 Å². The highest BCUT2D eigenvalue weighted by Crippen LogP contribution is 2.28. The van der Waals surface area contributed by atoms with Gasteiger partial charge in [0.15, 0.2) is 40.6 Å². The molecular formula is C52H44ClF3N10O7. The van der Waals surface area contributed by atoms with Gasteiger partial charge < -0.3 is 36.6 Å². The number of carbonyl (C=O) groups excluding carboxylic acids is 4. The van der Waals surface area contributed by atoms with E-state index in [-0.39, 0.29) is 89.3 Å². The van der Waals surface area contributed by atoms with Gasteiger partial charge in [0.25, 0.3) is 17.7 Å². The number of aryl methyl sites for hydroxylation is 1. The summed E-state index contributed by atoms with van der Waals surface area (Å²) in [5, 5.41) is 43.5. The molecule has 0 aliphatic rings. The highest BCUT2D eigenvalue weighted by Gasteiger charge is 2.20. The number of pyridine rings is 6. The smallest absolute Gasteiger partial charge is 0.274 e. The minimum Gasteiger partial charge on any atom is -0.504 e. The Balaban J connectivity index is 0.000000178. The Bertz CT molecular complexity index is 3450. The molecule has 6 aromatic heterocycles. The Morgan fingerprint density at radius 1 is 0.493 bits per heavy atom. The summed E-state index contributed by atoms with van der Waals surface area (Å²) in [5.41, 5.74) is 4.22. The third-order valence-corrected chi connectivity index (χ3v) is 10.6. The number of aromatic nitrogens is 6. The van der Waals surface area contributed by atoms with E-state index in [0.29, 0.717) is 45.6 Å². The van der Waals surface area contributed by atoms with Crippen LogP contribution < -0.4 is 21.3 Å². The molecule has 0 saturated carbocycles. The van der Waals surface area contributed by atoms with Gasteiger partial charge in [-0.2, -0.15) is 0 Å². The normalized spacial score (nSPS) is 10.5. The molecule has 17 nitrogen and oxygen atoms in total. The molecule has 73 heavy (non-hydrogen) atoms. The number of fused-ring (bicyclic) bond motifs is 3. The second-order valence-electron chi connectivity index (χ2n) is 15.7. The van der Waals surface area contributed by atoms with Gasteiger partial charge in [-0.3, -0.25) is 19.2 Å². The van der Waals surface area contributed by atoms with Crippen LogP contribution in [0.2, 0.25) is 0 Å². The van der Waals surface area contributed by atoms with Gasteiger partial charge in [0.05, 0.1) is 5.69 Å². The summed E-state index contributed by atoms with van der Waals surface area (Å²) in [6, 6.07) is 27.5. The number of carbonyl (C=O) groups is 4. The van der Waals surface area contributed by atoms with Crippen LogP contribution in [0.1, 0.15) is 70.0 Å². The predicted molar refractivity (Wildman–Crippen MR) is 266 cm³/mol. The molecule has 0 unspecified atom stereocenters. The molecule has 9 aromatic rings. The van der Waals surface area contributed by atoms with Crippen molar-refractivity contribution in [2.45, 2.75) is 33.1 Å². The van der Waals surface area contributed by atoms with Gasteiger partial charge in [0.2, 0.25) is 0 Å². The van der Waals surface area contributed by atoms with E-state index in [9.17, 15) is 47.7 Å². The van der Waals surface area contributed by atoms with Crippen molar-refractivity contribution in [2.24, 2.45) is 0 Å². The Hall–Kier alpha value is -9.14. The summed E-state index contributed by atoms with van der Waals surface area (Å²) in [7, 11) is 1.80. The number of amides is 3. The molecule has 0 saturated heterocycles. The van der Waals surface area contributed by atoms with Gasteiger partial charge in [-0.25, -0.2) is 43.1 Å². The Labute approximate surface area is 420 Å².